The Morgan fingerprint density at radius 2 is 2.00 bits per heavy atom. The van der Waals surface area contributed by atoms with Gasteiger partial charge < -0.3 is 4.90 Å². The van der Waals surface area contributed by atoms with Crippen molar-refractivity contribution in [2.45, 2.75) is 24.1 Å². The molecule has 0 aromatic heterocycles. The largest absolute Gasteiger partial charge is 0.349 e. The van der Waals surface area contributed by atoms with Gasteiger partial charge in [-0.2, -0.15) is 0 Å². The summed E-state index contributed by atoms with van der Waals surface area (Å²) in [7, 11) is 0. The summed E-state index contributed by atoms with van der Waals surface area (Å²) in [5.41, 5.74) is 0. The van der Waals surface area contributed by atoms with Crippen LogP contribution in [0.15, 0.2) is 4.99 Å². The van der Waals surface area contributed by atoms with Gasteiger partial charge in [0.15, 0.2) is 5.17 Å². The average Bonchev–Trinajstić information content (AvgIpc) is 3.07. The summed E-state index contributed by atoms with van der Waals surface area (Å²) < 4.78 is 0. The summed E-state index contributed by atoms with van der Waals surface area (Å²) in [6.07, 6.45) is 2.86. The molecule has 3 aliphatic rings. The van der Waals surface area contributed by atoms with Crippen LogP contribution in [-0.4, -0.2) is 64.3 Å². The fraction of sp³-hybridized carbons (Fsp3) is 0.909. The van der Waals surface area contributed by atoms with Crippen LogP contribution >= 0.6 is 27.7 Å². The van der Waals surface area contributed by atoms with E-state index < -0.39 is 0 Å². The molecule has 3 nitrogen and oxygen atoms in total. The number of thioether (sulfide) groups is 1. The van der Waals surface area contributed by atoms with E-state index in [0.29, 0.717) is 5.25 Å². The lowest BCUT2D eigenvalue weighted by atomic mass is 10.3. The first-order valence-electron chi connectivity index (χ1n) is 6.13. The topological polar surface area (TPSA) is 18.8 Å². The zero-order valence-electron chi connectivity index (χ0n) is 9.44. The van der Waals surface area contributed by atoms with Gasteiger partial charge in [0.1, 0.15) is 0 Å². The summed E-state index contributed by atoms with van der Waals surface area (Å²) in [6.45, 7) is 5.83. The van der Waals surface area contributed by atoms with Crippen LogP contribution in [0.25, 0.3) is 0 Å². The predicted octanol–water partition coefficient (Wildman–Crippen LogP) is 1.63. The van der Waals surface area contributed by atoms with Crippen LogP contribution in [0.5, 0.6) is 0 Å². The first-order chi connectivity index (χ1) is 7.86. The van der Waals surface area contributed by atoms with Crippen LogP contribution < -0.4 is 0 Å². The van der Waals surface area contributed by atoms with Crippen molar-refractivity contribution in [2.24, 2.45) is 4.99 Å². The smallest absolute Gasteiger partial charge is 0.159 e. The van der Waals surface area contributed by atoms with Gasteiger partial charge in [-0.25, -0.2) is 0 Å². The van der Waals surface area contributed by atoms with E-state index in [1.54, 1.807) is 0 Å². The van der Waals surface area contributed by atoms with Crippen LogP contribution in [0.1, 0.15) is 12.8 Å². The van der Waals surface area contributed by atoms with Crippen molar-refractivity contribution < 1.29 is 0 Å². The first kappa shape index (κ1) is 11.4. The van der Waals surface area contributed by atoms with Crippen LogP contribution in [-0.2, 0) is 0 Å². The summed E-state index contributed by atoms with van der Waals surface area (Å²) in [5, 5.41) is 3.02. The quantitative estimate of drug-likeness (QED) is 0.723. The predicted molar refractivity (Wildman–Crippen MR) is 73.6 cm³/mol. The van der Waals surface area contributed by atoms with E-state index in [4.69, 9.17) is 0 Å². The van der Waals surface area contributed by atoms with Gasteiger partial charge in [0.05, 0.1) is 6.54 Å². The lowest BCUT2D eigenvalue weighted by molar-refractivity contribution is 0.176. The number of halogens is 1. The van der Waals surface area contributed by atoms with E-state index in [0.717, 1.165) is 17.9 Å². The third kappa shape index (κ3) is 2.41. The second-order valence-corrected chi connectivity index (χ2v) is 6.69. The number of hydrogen-bond acceptors (Lipinski definition) is 4. The van der Waals surface area contributed by atoms with Crippen LogP contribution in [0.4, 0.5) is 0 Å². The molecule has 0 aromatic rings. The van der Waals surface area contributed by atoms with E-state index in [1.165, 1.54) is 44.2 Å². The molecule has 1 aliphatic carbocycles. The molecule has 0 radical (unpaired) electrons. The van der Waals surface area contributed by atoms with Gasteiger partial charge in [-0.1, -0.05) is 27.7 Å². The zero-order chi connectivity index (χ0) is 11.0. The number of aliphatic imine (C=N–C) groups is 1. The van der Waals surface area contributed by atoms with Crippen molar-refractivity contribution in [3.05, 3.63) is 0 Å². The number of hydrogen-bond donors (Lipinski definition) is 0. The molecule has 1 atom stereocenters. The number of piperazine rings is 1. The van der Waals surface area contributed by atoms with Gasteiger partial charge in [-0.05, 0) is 12.8 Å². The molecule has 2 heterocycles. The van der Waals surface area contributed by atoms with Gasteiger partial charge >= 0.3 is 0 Å². The van der Waals surface area contributed by atoms with E-state index in [9.17, 15) is 0 Å². The Hall–Kier alpha value is 0.260. The third-order valence-electron chi connectivity index (χ3n) is 3.52. The molecule has 0 spiro atoms. The molecule has 90 valence electrons. The molecule has 0 aromatic carbocycles. The second kappa shape index (κ2) is 4.86. The number of nitrogens with zero attached hydrogens (tertiary/aromatic N) is 3. The lowest BCUT2D eigenvalue weighted by Gasteiger charge is -2.35. The maximum Gasteiger partial charge on any atom is 0.159 e. The first-order valence-corrected chi connectivity index (χ1v) is 8.13. The normalized spacial score (nSPS) is 31.9. The van der Waals surface area contributed by atoms with Crippen molar-refractivity contribution in [3.63, 3.8) is 0 Å². The van der Waals surface area contributed by atoms with Crippen molar-refractivity contribution in [1.82, 2.24) is 9.80 Å². The third-order valence-corrected chi connectivity index (χ3v) is 5.98. The summed E-state index contributed by atoms with van der Waals surface area (Å²) in [4.78, 5) is 9.78. The fourth-order valence-corrected chi connectivity index (χ4v) is 3.97. The lowest BCUT2D eigenvalue weighted by Crippen LogP contribution is -2.48. The second-order valence-electron chi connectivity index (χ2n) is 4.77. The van der Waals surface area contributed by atoms with E-state index in [2.05, 4.69) is 30.7 Å². The molecule has 2 aliphatic heterocycles. The summed E-state index contributed by atoms with van der Waals surface area (Å²) in [5.74, 6) is 0. The number of amidine groups is 1. The Bertz CT molecular complexity index is 285. The molecule has 2 fully saturated rings. The van der Waals surface area contributed by atoms with Gasteiger partial charge in [-0.15, -0.1) is 0 Å². The maximum absolute atomic E-state index is 4.65. The highest BCUT2D eigenvalue weighted by molar-refractivity contribution is 9.09. The molecule has 0 amide bonds. The standard InChI is InChI=1S/C11H18BrN3S/c12-7-10-8-13-11(16-10)15-5-3-14(4-6-15)9-1-2-9/h9-10H,1-8H2. The Kier molecular flexibility index (Phi) is 3.45. The Labute approximate surface area is 110 Å². The van der Waals surface area contributed by atoms with Crippen molar-refractivity contribution in [2.75, 3.05) is 38.1 Å². The minimum Gasteiger partial charge on any atom is -0.349 e. The maximum atomic E-state index is 4.65. The number of alkyl halides is 1. The Morgan fingerprint density at radius 1 is 1.25 bits per heavy atom. The Balaban J connectivity index is 1.50. The summed E-state index contributed by atoms with van der Waals surface area (Å²) >= 11 is 5.50. The highest BCUT2D eigenvalue weighted by atomic mass is 79.9. The average molecular weight is 304 g/mol. The van der Waals surface area contributed by atoms with Crippen molar-refractivity contribution >= 4 is 32.9 Å². The van der Waals surface area contributed by atoms with Crippen molar-refractivity contribution in [1.29, 1.82) is 0 Å². The molecule has 1 unspecified atom stereocenters. The minimum absolute atomic E-state index is 0.663. The van der Waals surface area contributed by atoms with Gasteiger partial charge in [0.2, 0.25) is 0 Å². The van der Waals surface area contributed by atoms with E-state index >= 15 is 0 Å². The number of rotatable bonds is 2. The molecule has 0 bridgehead atoms. The molecule has 5 heteroatoms. The zero-order valence-corrected chi connectivity index (χ0v) is 11.8. The monoisotopic (exact) mass is 303 g/mol. The van der Waals surface area contributed by atoms with Crippen LogP contribution in [0, 0.1) is 0 Å². The molecule has 3 rings (SSSR count). The van der Waals surface area contributed by atoms with Crippen LogP contribution in [0.3, 0.4) is 0 Å². The van der Waals surface area contributed by atoms with E-state index in [1.807, 2.05) is 11.8 Å². The van der Waals surface area contributed by atoms with Crippen molar-refractivity contribution in [3.8, 4) is 0 Å². The highest BCUT2D eigenvalue weighted by Gasteiger charge is 2.33. The minimum atomic E-state index is 0.663. The SMILES string of the molecule is BrCC1CN=C(N2CCN(C3CC3)CC2)S1. The Morgan fingerprint density at radius 3 is 2.56 bits per heavy atom. The molecular weight excluding hydrogens is 286 g/mol. The molecule has 1 saturated carbocycles. The highest BCUT2D eigenvalue weighted by Crippen LogP contribution is 2.29. The molecule has 1 saturated heterocycles. The molecule has 0 N–H and O–H groups in total. The summed E-state index contributed by atoms with van der Waals surface area (Å²) in [6, 6.07) is 0.926. The van der Waals surface area contributed by atoms with Gasteiger partial charge in [-0.3, -0.25) is 9.89 Å². The van der Waals surface area contributed by atoms with Gasteiger partial charge in [0, 0.05) is 42.8 Å². The van der Waals surface area contributed by atoms with Gasteiger partial charge in [0.25, 0.3) is 0 Å². The van der Waals surface area contributed by atoms with E-state index in [-0.39, 0.29) is 0 Å². The van der Waals surface area contributed by atoms with Crippen LogP contribution in [0.2, 0.25) is 0 Å². The molecular formula is C11H18BrN3S. The fourth-order valence-electron chi connectivity index (χ4n) is 2.38. The molecule has 16 heavy (non-hydrogen) atoms.